The minimum absolute atomic E-state index is 0.162. The zero-order chi connectivity index (χ0) is 16.4. The van der Waals surface area contributed by atoms with Crippen LogP contribution < -0.4 is 5.32 Å². The molecule has 0 aliphatic carbocycles. The highest BCUT2D eigenvalue weighted by molar-refractivity contribution is 7.22. The van der Waals surface area contributed by atoms with Crippen LogP contribution in [0.25, 0.3) is 10.2 Å². The summed E-state index contributed by atoms with van der Waals surface area (Å²) < 4.78 is 0.665. The maximum atomic E-state index is 12.1. The number of nitrogens with zero attached hydrogens (tertiary/aromatic N) is 3. The van der Waals surface area contributed by atoms with E-state index >= 15 is 0 Å². The normalized spacial score (nSPS) is 10.2. The minimum atomic E-state index is -1.02. The van der Waals surface area contributed by atoms with Gasteiger partial charge in [-0.15, -0.1) is 0 Å². The van der Waals surface area contributed by atoms with Crippen molar-refractivity contribution < 1.29 is 14.7 Å². The van der Waals surface area contributed by atoms with Gasteiger partial charge in [0.25, 0.3) is 5.91 Å². The number of nitrogens with one attached hydrogen (secondary N) is 1. The lowest BCUT2D eigenvalue weighted by Crippen LogP contribution is -2.11. The van der Waals surface area contributed by atoms with Crippen LogP contribution in [0.1, 0.15) is 26.4 Å². The fraction of sp³-hybridized carbons (Fsp3) is 0. The zero-order valence-electron chi connectivity index (χ0n) is 11.5. The van der Waals surface area contributed by atoms with E-state index in [9.17, 15) is 9.59 Å². The Morgan fingerprint density at radius 1 is 1.22 bits per heavy atom. The monoisotopic (exact) mass is 324 g/mol. The van der Waals surface area contributed by atoms with Gasteiger partial charge in [-0.25, -0.2) is 14.8 Å². The van der Waals surface area contributed by atoms with E-state index in [1.807, 2.05) is 6.07 Å². The Labute approximate surface area is 133 Å². The first kappa shape index (κ1) is 14.6. The first-order valence-corrected chi connectivity index (χ1v) is 7.20. The van der Waals surface area contributed by atoms with Gasteiger partial charge in [0, 0.05) is 6.20 Å². The van der Waals surface area contributed by atoms with Crippen molar-refractivity contribution >= 4 is 38.6 Å². The van der Waals surface area contributed by atoms with Crippen LogP contribution in [0, 0.1) is 11.3 Å². The molecule has 3 rings (SSSR count). The van der Waals surface area contributed by atoms with Gasteiger partial charge in [0.05, 0.1) is 21.3 Å². The largest absolute Gasteiger partial charge is 0.478 e. The van der Waals surface area contributed by atoms with Crippen molar-refractivity contribution in [1.82, 2.24) is 9.97 Å². The van der Waals surface area contributed by atoms with Gasteiger partial charge in [-0.05, 0) is 30.3 Å². The van der Waals surface area contributed by atoms with Crippen LogP contribution in [0.15, 0.2) is 36.5 Å². The van der Waals surface area contributed by atoms with Gasteiger partial charge >= 0.3 is 5.97 Å². The number of benzene rings is 1. The summed E-state index contributed by atoms with van der Waals surface area (Å²) in [6.45, 7) is 0. The summed E-state index contributed by atoms with van der Waals surface area (Å²) in [5.41, 5.74) is 1.29. The summed E-state index contributed by atoms with van der Waals surface area (Å²) in [7, 11) is 0. The van der Waals surface area contributed by atoms with Crippen LogP contribution in [-0.4, -0.2) is 27.0 Å². The molecular weight excluding hydrogens is 316 g/mol. The van der Waals surface area contributed by atoms with E-state index in [1.54, 1.807) is 6.07 Å². The second-order valence-corrected chi connectivity index (χ2v) is 5.54. The van der Waals surface area contributed by atoms with Gasteiger partial charge in [0.15, 0.2) is 5.13 Å². The molecule has 0 saturated heterocycles. The summed E-state index contributed by atoms with van der Waals surface area (Å²) in [4.78, 5) is 31.1. The molecule has 1 aromatic carbocycles. The minimum Gasteiger partial charge on any atom is -0.478 e. The number of carboxylic acid groups (broad SMARTS) is 1. The fourth-order valence-corrected chi connectivity index (χ4v) is 2.77. The van der Waals surface area contributed by atoms with Crippen LogP contribution in [-0.2, 0) is 0 Å². The summed E-state index contributed by atoms with van der Waals surface area (Å²) >= 11 is 1.18. The number of amides is 1. The lowest BCUT2D eigenvalue weighted by Gasteiger charge is -2.00. The van der Waals surface area contributed by atoms with Crippen molar-refractivity contribution in [3.63, 3.8) is 0 Å². The molecule has 0 bridgehead atoms. The average molecular weight is 324 g/mol. The number of aromatic carboxylic acids is 1. The number of thiazole rings is 1. The van der Waals surface area contributed by atoms with E-state index in [-0.39, 0.29) is 11.3 Å². The number of nitriles is 1. The highest BCUT2D eigenvalue weighted by Crippen LogP contribution is 2.27. The summed E-state index contributed by atoms with van der Waals surface area (Å²) in [5, 5.41) is 20.6. The highest BCUT2D eigenvalue weighted by atomic mass is 32.1. The standard InChI is InChI=1S/C15H8N4O3S/c16-6-10-3-1-9(7-17-10)13(20)19-15-18-11-4-2-8(14(21)22)5-12(11)23-15/h1-5,7H,(H,21,22)(H,18,19,20). The molecule has 3 aromatic rings. The number of fused-ring (bicyclic) bond motifs is 1. The van der Waals surface area contributed by atoms with E-state index in [1.165, 1.54) is 41.8 Å². The molecule has 0 saturated carbocycles. The number of hydrogen-bond acceptors (Lipinski definition) is 6. The molecule has 7 nitrogen and oxygen atoms in total. The van der Waals surface area contributed by atoms with Crippen LogP contribution in [0.4, 0.5) is 5.13 Å². The second kappa shape index (κ2) is 5.82. The predicted octanol–water partition coefficient (Wildman–Crippen LogP) is 2.51. The van der Waals surface area contributed by atoms with Crippen molar-refractivity contribution in [3.8, 4) is 6.07 Å². The van der Waals surface area contributed by atoms with Crippen molar-refractivity contribution in [1.29, 1.82) is 5.26 Å². The van der Waals surface area contributed by atoms with Crippen molar-refractivity contribution in [2.24, 2.45) is 0 Å². The molecule has 2 heterocycles. The predicted molar refractivity (Wildman–Crippen MR) is 83.5 cm³/mol. The number of carboxylic acids is 1. The van der Waals surface area contributed by atoms with Crippen LogP contribution in [0.5, 0.6) is 0 Å². The van der Waals surface area contributed by atoms with E-state index in [0.29, 0.717) is 20.9 Å². The molecular formula is C15H8N4O3S. The smallest absolute Gasteiger partial charge is 0.335 e. The van der Waals surface area contributed by atoms with Gasteiger partial charge < -0.3 is 5.11 Å². The Balaban J connectivity index is 1.84. The molecule has 0 unspecified atom stereocenters. The third kappa shape index (κ3) is 3.00. The molecule has 2 aromatic heterocycles. The summed E-state index contributed by atoms with van der Waals surface area (Å²) in [5.74, 6) is -1.42. The number of carbonyl (C=O) groups is 2. The zero-order valence-corrected chi connectivity index (χ0v) is 12.3. The maximum Gasteiger partial charge on any atom is 0.335 e. The number of hydrogen-bond donors (Lipinski definition) is 2. The Bertz CT molecular complexity index is 957. The lowest BCUT2D eigenvalue weighted by molar-refractivity contribution is 0.0697. The number of pyridine rings is 1. The second-order valence-electron chi connectivity index (χ2n) is 4.50. The van der Waals surface area contributed by atoms with Gasteiger partial charge in [0.1, 0.15) is 11.8 Å². The van der Waals surface area contributed by atoms with E-state index in [0.717, 1.165) is 0 Å². The number of carbonyl (C=O) groups excluding carboxylic acids is 1. The lowest BCUT2D eigenvalue weighted by atomic mass is 10.2. The molecule has 8 heteroatoms. The Kier molecular flexibility index (Phi) is 3.70. The first-order valence-electron chi connectivity index (χ1n) is 6.38. The number of aromatic nitrogens is 2. The van der Waals surface area contributed by atoms with E-state index < -0.39 is 11.9 Å². The third-order valence-corrected chi connectivity index (χ3v) is 3.93. The topological polar surface area (TPSA) is 116 Å². The molecule has 112 valence electrons. The SMILES string of the molecule is N#Cc1ccc(C(=O)Nc2nc3ccc(C(=O)O)cc3s2)cn1. The molecule has 0 spiro atoms. The molecule has 0 fully saturated rings. The maximum absolute atomic E-state index is 12.1. The quantitative estimate of drug-likeness (QED) is 0.764. The van der Waals surface area contributed by atoms with Crippen LogP contribution in [0.3, 0.4) is 0 Å². The fourth-order valence-electron chi connectivity index (χ4n) is 1.87. The molecule has 1 amide bonds. The van der Waals surface area contributed by atoms with Crippen molar-refractivity contribution in [2.45, 2.75) is 0 Å². The third-order valence-electron chi connectivity index (χ3n) is 3.00. The molecule has 0 aliphatic rings. The molecule has 0 atom stereocenters. The van der Waals surface area contributed by atoms with Gasteiger partial charge in [0.2, 0.25) is 0 Å². The Morgan fingerprint density at radius 2 is 2.00 bits per heavy atom. The highest BCUT2D eigenvalue weighted by Gasteiger charge is 2.12. The van der Waals surface area contributed by atoms with Crippen molar-refractivity contribution in [2.75, 3.05) is 5.32 Å². The van der Waals surface area contributed by atoms with Gasteiger partial charge in [-0.2, -0.15) is 5.26 Å². The van der Waals surface area contributed by atoms with Crippen molar-refractivity contribution in [3.05, 3.63) is 53.3 Å². The summed E-state index contributed by atoms with van der Waals surface area (Å²) in [6, 6.07) is 9.38. The number of rotatable bonds is 3. The van der Waals surface area contributed by atoms with E-state index in [2.05, 4.69) is 15.3 Å². The average Bonchev–Trinajstić information content (AvgIpc) is 2.96. The summed E-state index contributed by atoms with van der Waals surface area (Å²) in [6.07, 6.45) is 1.31. The first-order chi connectivity index (χ1) is 11.1. The van der Waals surface area contributed by atoms with Crippen LogP contribution in [0.2, 0.25) is 0 Å². The Morgan fingerprint density at radius 3 is 2.65 bits per heavy atom. The molecule has 23 heavy (non-hydrogen) atoms. The molecule has 0 aliphatic heterocycles. The number of anilines is 1. The van der Waals surface area contributed by atoms with E-state index in [4.69, 9.17) is 10.4 Å². The molecule has 0 radical (unpaired) electrons. The van der Waals surface area contributed by atoms with Crippen LogP contribution >= 0.6 is 11.3 Å². The van der Waals surface area contributed by atoms with Gasteiger partial charge in [-0.1, -0.05) is 11.3 Å². The Hall–Kier alpha value is -3.31. The van der Waals surface area contributed by atoms with Gasteiger partial charge in [-0.3, -0.25) is 10.1 Å². The molecule has 2 N–H and O–H groups in total.